The highest BCUT2D eigenvalue weighted by atomic mass is 16.4. The van der Waals surface area contributed by atoms with E-state index in [1.165, 1.54) is 0 Å². The van der Waals surface area contributed by atoms with Gasteiger partial charge in [-0.25, -0.2) is 0 Å². The molecular weight excluding hydrogens is 236 g/mol. The molecule has 3 atom stereocenters. The van der Waals surface area contributed by atoms with Crippen molar-refractivity contribution in [3.63, 3.8) is 0 Å². The minimum absolute atomic E-state index is 0.386. The van der Waals surface area contributed by atoms with Crippen LogP contribution in [0.15, 0.2) is 0 Å². The summed E-state index contributed by atoms with van der Waals surface area (Å²) in [6.07, 6.45) is -5.25. The van der Waals surface area contributed by atoms with Gasteiger partial charge in [0.2, 0.25) is 0 Å². The van der Waals surface area contributed by atoms with Gasteiger partial charge in [0, 0.05) is 6.42 Å². The third-order valence-corrected chi connectivity index (χ3v) is 2.18. The monoisotopic (exact) mass is 250 g/mol. The van der Waals surface area contributed by atoms with Crippen LogP contribution < -0.4 is 0 Å². The fraction of sp³-hybridized carbons (Fsp3) is 0.667. The third-order valence-electron chi connectivity index (χ3n) is 2.18. The maximum absolute atomic E-state index is 10.7. The molecule has 8 heteroatoms. The van der Waals surface area contributed by atoms with Gasteiger partial charge in [-0.1, -0.05) is 0 Å². The number of aliphatic hydroxyl groups is 2. The molecule has 98 valence electrons. The van der Waals surface area contributed by atoms with Crippen LogP contribution in [-0.4, -0.2) is 55.6 Å². The van der Waals surface area contributed by atoms with Crippen LogP contribution >= 0.6 is 0 Å². The number of aliphatic carboxylic acids is 3. The van der Waals surface area contributed by atoms with E-state index in [0.717, 1.165) is 0 Å². The van der Waals surface area contributed by atoms with Gasteiger partial charge in [-0.2, -0.15) is 0 Å². The molecule has 0 fully saturated rings. The van der Waals surface area contributed by atoms with Crippen molar-refractivity contribution in [3.05, 3.63) is 0 Å². The molecule has 0 spiro atoms. The van der Waals surface area contributed by atoms with Crippen molar-refractivity contribution in [2.24, 2.45) is 5.92 Å². The molecule has 0 saturated carbocycles. The topological polar surface area (TPSA) is 152 Å². The van der Waals surface area contributed by atoms with Crippen molar-refractivity contribution in [3.8, 4) is 0 Å². The summed E-state index contributed by atoms with van der Waals surface area (Å²) < 4.78 is 0. The Morgan fingerprint density at radius 1 is 0.941 bits per heavy atom. The summed E-state index contributed by atoms with van der Waals surface area (Å²) in [7, 11) is 0. The van der Waals surface area contributed by atoms with E-state index >= 15 is 0 Å². The molecule has 0 bridgehead atoms. The first-order chi connectivity index (χ1) is 7.75. The molecule has 5 N–H and O–H groups in total. The van der Waals surface area contributed by atoms with E-state index in [2.05, 4.69) is 0 Å². The first-order valence-electron chi connectivity index (χ1n) is 4.78. The van der Waals surface area contributed by atoms with Crippen molar-refractivity contribution in [2.75, 3.05) is 0 Å². The quantitative estimate of drug-likeness (QED) is 0.358. The van der Waals surface area contributed by atoms with E-state index in [9.17, 15) is 24.6 Å². The number of hydrogen-bond donors (Lipinski definition) is 5. The van der Waals surface area contributed by atoms with Gasteiger partial charge in [-0.15, -0.1) is 0 Å². The van der Waals surface area contributed by atoms with Crippen LogP contribution in [0, 0.1) is 5.92 Å². The summed E-state index contributed by atoms with van der Waals surface area (Å²) in [5.41, 5.74) is 0. The second kappa shape index (κ2) is 6.81. The molecule has 3 unspecified atom stereocenters. The fourth-order valence-electron chi connectivity index (χ4n) is 1.29. The van der Waals surface area contributed by atoms with E-state index in [4.69, 9.17) is 15.3 Å². The minimum Gasteiger partial charge on any atom is -0.481 e. The normalized spacial score (nSPS) is 15.9. The lowest BCUT2D eigenvalue weighted by molar-refractivity contribution is -0.154. The molecule has 0 aromatic carbocycles. The van der Waals surface area contributed by atoms with Gasteiger partial charge in [-0.3, -0.25) is 14.4 Å². The van der Waals surface area contributed by atoms with E-state index in [-0.39, 0.29) is 6.42 Å². The summed E-state index contributed by atoms with van der Waals surface area (Å²) in [6, 6.07) is 0. The van der Waals surface area contributed by atoms with Crippen molar-refractivity contribution in [1.82, 2.24) is 0 Å². The molecule has 0 aromatic heterocycles. The first-order valence-corrected chi connectivity index (χ1v) is 4.78. The smallest absolute Gasteiger partial charge is 0.309 e. The van der Waals surface area contributed by atoms with Gasteiger partial charge in [0.15, 0.2) is 0 Å². The van der Waals surface area contributed by atoms with E-state index in [1.807, 2.05) is 0 Å². The Labute approximate surface area is 96.1 Å². The lowest BCUT2D eigenvalue weighted by Crippen LogP contribution is -2.39. The third kappa shape index (κ3) is 5.83. The van der Waals surface area contributed by atoms with Crippen molar-refractivity contribution >= 4 is 17.9 Å². The molecule has 0 saturated heterocycles. The van der Waals surface area contributed by atoms with Crippen LogP contribution in [-0.2, 0) is 14.4 Å². The average Bonchev–Trinajstić information content (AvgIpc) is 2.15. The summed E-state index contributed by atoms with van der Waals surface area (Å²) in [6.45, 7) is 0. The number of carboxylic acid groups (broad SMARTS) is 3. The molecule has 0 heterocycles. The van der Waals surface area contributed by atoms with E-state index in [1.54, 1.807) is 0 Å². The van der Waals surface area contributed by atoms with Crippen LogP contribution in [0.4, 0.5) is 0 Å². The highest BCUT2D eigenvalue weighted by molar-refractivity contribution is 5.73. The molecular formula is C9H14O8. The summed E-state index contributed by atoms with van der Waals surface area (Å²) in [5, 5.41) is 44.1. The Balaban J connectivity index is 4.52. The molecule has 0 aliphatic carbocycles. The Kier molecular flexibility index (Phi) is 6.15. The minimum atomic E-state index is -1.82. The van der Waals surface area contributed by atoms with Crippen molar-refractivity contribution < 1.29 is 39.9 Å². The SMILES string of the molecule is O=C(O)CCC(C(=O)O)C(O)C(O)CC(=O)O. The van der Waals surface area contributed by atoms with Gasteiger partial charge < -0.3 is 25.5 Å². The predicted octanol–water partition coefficient (Wildman–Crippen LogP) is -1.25. The molecule has 8 nitrogen and oxygen atoms in total. The lowest BCUT2D eigenvalue weighted by atomic mass is 9.92. The van der Waals surface area contributed by atoms with Gasteiger partial charge in [0.25, 0.3) is 0 Å². The number of carboxylic acids is 3. The maximum atomic E-state index is 10.7. The lowest BCUT2D eigenvalue weighted by Gasteiger charge is -2.22. The van der Waals surface area contributed by atoms with Crippen LogP contribution in [0.5, 0.6) is 0 Å². The van der Waals surface area contributed by atoms with Crippen LogP contribution in [0.3, 0.4) is 0 Å². The van der Waals surface area contributed by atoms with Crippen molar-refractivity contribution in [1.29, 1.82) is 0 Å². The number of hydrogen-bond acceptors (Lipinski definition) is 5. The van der Waals surface area contributed by atoms with Gasteiger partial charge in [0.1, 0.15) is 0 Å². The standard InChI is InChI=1S/C9H14O8/c10-5(3-7(13)14)8(15)4(9(16)17)1-2-6(11)12/h4-5,8,10,15H,1-3H2,(H,11,12)(H,13,14)(H,16,17). The fourth-order valence-corrected chi connectivity index (χ4v) is 1.29. The predicted molar refractivity (Wildman–Crippen MR) is 52.3 cm³/mol. The van der Waals surface area contributed by atoms with Crippen LogP contribution in [0.25, 0.3) is 0 Å². The highest BCUT2D eigenvalue weighted by Gasteiger charge is 2.33. The zero-order valence-electron chi connectivity index (χ0n) is 8.81. The zero-order valence-corrected chi connectivity index (χ0v) is 8.81. The second-order valence-corrected chi connectivity index (χ2v) is 3.53. The van der Waals surface area contributed by atoms with E-state index < -0.39 is 48.9 Å². The van der Waals surface area contributed by atoms with E-state index in [0.29, 0.717) is 0 Å². The average molecular weight is 250 g/mol. The zero-order chi connectivity index (χ0) is 13.6. The second-order valence-electron chi connectivity index (χ2n) is 3.53. The van der Waals surface area contributed by atoms with Gasteiger partial charge in [-0.05, 0) is 6.42 Å². The molecule has 0 rings (SSSR count). The summed E-state index contributed by atoms with van der Waals surface area (Å²) >= 11 is 0. The maximum Gasteiger partial charge on any atom is 0.309 e. The Morgan fingerprint density at radius 2 is 1.47 bits per heavy atom. The largest absolute Gasteiger partial charge is 0.481 e. The van der Waals surface area contributed by atoms with Crippen LogP contribution in [0.2, 0.25) is 0 Å². The molecule has 0 radical (unpaired) electrons. The molecule has 0 aliphatic heterocycles. The van der Waals surface area contributed by atoms with Gasteiger partial charge >= 0.3 is 17.9 Å². The molecule has 0 amide bonds. The van der Waals surface area contributed by atoms with Gasteiger partial charge in [0.05, 0.1) is 24.5 Å². The van der Waals surface area contributed by atoms with Crippen molar-refractivity contribution in [2.45, 2.75) is 31.5 Å². The van der Waals surface area contributed by atoms with Crippen LogP contribution in [0.1, 0.15) is 19.3 Å². The summed E-state index contributed by atoms with van der Waals surface area (Å²) in [5.74, 6) is -5.63. The molecule has 17 heavy (non-hydrogen) atoms. The Bertz CT molecular complexity index is 299. The highest BCUT2D eigenvalue weighted by Crippen LogP contribution is 2.17. The Hall–Kier alpha value is -1.67. The molecule has 0 aromatic rings. The number of aliphatic hydroxyl groups excluding tert-OH is 2. The summed E-state index contributed by atoms with van der Waals surface area (Å²) in [4.78, 5) is 31.3. The number of carbonyl (C=O) groups is 3. The molecule has 0 aliphatic rings. The number of rotatable bonds is 8. The Morgan fingerprint density at radius 3 is 1.82 bits per heavy atom. The first kappa shape index (κ1) is 15.3.